The Morgan fingerprint density at radius 1 is 0.900 bits per heavy atom. The number of carbonyl (C=O) groups excluding carboxylic acids is 2. The predicted octanol–water partition coefficient (Wildman–Crippen LogP) is 6.41. The van der Waals surface area contributed by atoms with Crippen LogP contribution in [0.25, 0.3) is 5.76 Å². The fraction of sp³-hybridized carbons (Fsp3) is 0.333. The Morgan fingerprint density at radius 3 is 2.20 bits per heavy atom. The van der Waals surface area contributed by atoms with Gasteiger partial charge >= 0.3 is 0 Å². The molecule has 1 N–H and O–H groups in total. The maximum absolute atomic E-state index is 13.6. The SMILES string of the molecule is CCOc1ccc(/C(O)=C2/C(=O)C(=O)N(Cc3ccccc3OC)C2c2ccc(C(C)(C)C)cc2)c(OCC)c1. The Kier molecular flexibility index (Phi) is 8.52. The van der Waals surface area contributed by atoms with Crippen LogP contribution in [0, 0.1) is 0 Å². The number of amides is 1. The van der Waals surface area contributed by atoms with Crippen LogP contribution in [0.4, 0.5) is 0 Å². The molecular formula is C33H37NO6. The highest BCUT2D eigenvalue weighted by atomic mass is 16.5. The van der Waals surface area contributed by atoms with E-state index in [1.807, 2.05) is 62.4 Å². The Morgan fingerprint density at radius 2 is 1.57 bits per heavy atom. The second kappa shape index (κ2) is 11.9. The van der Waals surface area contributed by atoms with Crippen LogP contribution in [0.15, 0.2) is 72.3 Å². The van der Waals surface area contributed by atoms with Crippen LogP contribution >= 0.6 is 0 Å². The van der Waals surface area contributed by atoms with Crippen molar-refractivity contribution in [1.82, 2.24) is 4.90 Å². The molecule has 7 nitrogen and oxygen atoms in total. The molecule has 0 aliphatic carbocycles. The number of para-hydroxylation sites is 1. The van der Waals surface area contributed by atoms with Crippen LogP contribution in [-0.4, -0.2) is 42.0 Å². The third-order valence-electron chi connectivity index (χ3n) is 6.98. The van der Waals surface area contributed by atoms with Crippen molar-refractivity contribution >= 4 is 17.4 Å². The average Bonchev–Trinajstić information content (AvgIpc) is 3.18. The molecule has 3 aromatic carbocycles. The molecule has 1 aliphatic heterocycles. The molecule has 1 amide bonds. The number of aliphatic hydroxyl groups is 1. The third kappa shape index (κ3) is 5.69. The second-order valence-corrected chi connectivity index (χ2v) is 10.6. The number of hydrogen-bond acceptors (Lipinski definition) is 6. The molecule has 210 valence electrons. The van der Waals surface area contributed by atoms with E-state index in [0.29, 0.717) is 41.6 Å². The first-order chi connectivity index (χ1) is 19.1. The average molecular weight is 544 g/mol. The minimum absolute atomic E-state index is 0.00789. The van der Waals surface area contributed by atoms with E-state index in [-0.39, 0.29) is 23.3 Å². The summed E-state index contributed by atoms with van der Waals surface area (Å²) in [6, 6.07) is 19.4. The van der Waals surface area contributed by atoms with E-state index in [1.54, 1.807) is 25.3 Å². The molecule has 1 atom stereocenters. The monoisotopic (exact) mass is 543 g/mol. The van der Waals surface area contributed by atoms with Gasteiger partial charge in [0.2, 0.25) is 0 Å². The Bertz CT molecular complexity index is 1420. The summed E-state index contributed by atoms with van der Waals surface area (Å²) in [6.45, 7) is 11.0. The van der Waals surface area contributed by atoms with Crippen molar-refractivity contribution in [3.63, 3.8) is 0 Å². The number of ketones is 1. The van der Waals surface area contributed by atoms with Gasteiger partial charge in [-0.1, -0.05) is 63.2 Å². The van der Waals surface area contributed by atoms with Gasteiger partial charge in [-0.2, -0.15) is 0 Å². The molecule has 1 aliphatic rings. The highest BCUT2D eigenvalue weighted by Gasteiger charge is 2.46. The summed E-state index contributed by atoms with van der Waals surface area (Å²) >= 11 is 0. The number of carbonyl (C=O) groups is 2. The minimum atomic E-state index is -0.819. The zero-order valence-corrected chi connectivity index (χ0v) is 24.0. The van der Waals surface area contributed by atoms with Crippen molar-refractivity contribution in [2.75, 3.05) is 20.3 Å². The largest absolute Gasteiger partial charge is 0.507 e. The summed E-state index contributed by atoms with van der Waals surface area (Å²) in [5, 5.41) is 11.7. The maximum atomic E-state index is 13.6. The summed E-state index contributed by atoms with van der Waals surface area (Å²) in [7, 11) is 1.57. The molecular weight excluding hydrogens is 506 g/mol. The van der Waals surface area contributed by atoms with Gasteiger partial charge in [0.1, 0.15) is 23.0 Å². The molecule has 0 radical (unpaired) electrons. The number of benzene rings is 3. The predicted molar refractivity (Wildman–Crippen MR) is 155 cm³/mol. The quantitative estimate of drug-likeness (QED) is 0.191. The molecule has 7 heteroatoms. The van der Waals surface area contributed by atoms with Crippen LogP contribution < -0.4 is 14.2 Å². The van der Waals surface area contributed by atoms with E-state index in [4.69, 9.17) is 14.2 Å². The van der Waals surface area contributed by atoms with Crippen molar-refractivity contribution in [1.29, 1.82) is 0 Å². The van der Waals surface area contributed by atoms with E-state index in [2.05, 4.69) is 20.8 Å². The van der Waals surface area contributed by atoms with Crippen LogP contribution in [0.5, 0.6) is 17.2 Å². The zero-order valence-electron chi connectivity index (χ0n) is 24.0. The topological polar surface area (TPSA) is 85.3 Å². The fourth-order valence-electron chi connectivity index (χ4n) is 4.95. The molecule has 1 heterocycles. The van der Waals surface area contributed by atoms with Gasteiger partial charge in [-0.25, -0.2) is 0 Å². The van der Waals surface area contributed by atoms with E-state index >= 15 is 0 Å². The number of likely N-dealkylation sites (tertiary alicyclic amines) is 1. The fourth-order valence-corrected chi connectivity index (χ4v) is 4.95. The van der Waals surface area contributed by atoms with Crippen LogP contribution in [0.3, 0.4) is 0 Å². The smallest absolute Gasteiger partial charge is 0.295 e. The lowest BCUT2D eigenvalue weighted by Crippen LogP contribution is -2.29. The summed E-state index contributed by atoms with van der Waals surface area (Å²) in [5.41, 5.74) is 2.83. The van der Waals surface area contributed by atoms with E-state index in [9.17, 15) is 14.7 Å². The number of rotatable bonds is 9. The molecule has 0 saturated carbocycles. The standard InChI is InChI=1S/C33H37NO6/c1-7-39-24-17-18-25(27(19-24)40-8-2)30(35)28-29(21-13-15-23(16-14-21)33(3,4)5)34(32(37)31(28)36)20-22-11-9-10-12-26(22)38-6/h9-19,29,35H,7-8,20H2,1-6H3/b30-28-. The van der Waals surface area contributed by atoms with Crippen LogP contribution in [-0.2, 0) is 21.5 Å². The van der Waals surface area contributed by atoms with Gasteiger partial charge in [-0.05, 0) is 48.6 Å². The van der Waals surface area contributed by atoms with Crippen molar-refractivity contribution < 1.29 is 28.9 Å². The Balaban J connectivity index is 1.90. The first-order valence-corrected chi connectivity index (χ1v) is 13.5. The summed E-state index contributed by atoms with van der Waals surface area (Å²) in [4.78, 5) is 28.7. The van der Waals surface area contributed by atoms with E-state index < -0.39 is 17.7 Å². The molecule has 1 fully saturated rings. The zero-order chi connectivity index (χ0) is 29.0. The highest BCUT2D eigenvalue weighted by Crippen LogP contribution is 2.43. The molecule has 4 rings (SSSR count). The Labute approximate surface area is 236 Å². The number of nitrogens with zero attached hydrogens (tertiary/aromatic N) is 1. The normalized spacial score (nSPS) is 16.8. The second-order valence-electron chi connectivity index (χ2n) is 10.6. The lowest BCUT2D eigenvalue weighted by atomic mass is 9.85. The Hall–Kier alpha value is -4.26. The van der Waals surface area contributed by atoms with Crippen LogP contribution in [0.2, 0.25) is 0 Å². The molecule has 1 saturated heterocycles. The number of aliphatic hydroxyl groups excluding tert-OH is 1. The van der Waals surface area contributed by atoms with Crippen LogP contribution in [0.1, 0.15) is 62.9 Å². The van der Waals surface area contributed by atoms with Crippen molar-refractivity contribution in [3.8, 4) is 17.2 Å². The molecule has 1 unspecified atom stereocenters. The van der Waals surface area contributed by atoms with Gasteiger partial charge in [0, 0.05) is 11.6 Å². The first kappa shape index (κ1) is 28.7. The lowest BCUT2D eigenvalue weighted by Gasteiger charge is -2.27. The van der Waals surface area contributed by atoms with Gasteiger partial charge < -0.3 is 24.2 Å². The number of hydrogen-bond donors (Lipinski definition) is 1. The molecule has 0 spiro atoms. The van der Waals surface area contributed by atoms with Gasteiger partial charge in [0.05, 0.1) is 44.0 Å². The summed E-state index contributed by atoms with van der Waals surface area (Å²) in [5.74, 6) is -0.194. The summed E-state index contributed by atoms with van der Waals surface area (Å²) < 4.78 is 16.9. The maximum Gasteiger partial charge on any atom is 0.295 e. The van der Waals surface area contributed by atoms with E-state index in [0.717, 1.165) is 11.1 Å². The van der Waals surface area contributed by atoms with Crippen molar-refractivity contribution in [3.05, 3.63) is 94.6 Å². The number of Topliss-reactive ketones (excluding diaryl/α,β-unsaturated/α-hetero) is 1. The number of methoxy groups -OCH3 is 1. The molecule has 0 aromatic heterocycles. The highest BCUT2D eigenvalue weighted by molar-refractivity contribution is 6.46. The molecule has 40 heavy (non-hydrogen) atoms. The summed E-state index contributed by atoms with van der Waals surface area (Å²) in [6.07, 6.45) is 0. The third-order valence-corrected chi connectivity index (χ3v) is 6.98. The first-order valence-electron chi connectivity index (χ1n) is 13.5. The number of ether oxygens (including phenoxy) is 3. The van der Waals surface area contributed by atoms with Gasteiger partial charge in [0.25, 0.3) is 11.7 Å². The molecule has 3 aromatic rings. The van der Waals surface area contributed by atoms with Crippen molar-refractivity contribution in [2.45, 2.75) is 52.6 Å². The van der Waals surface area contributed by atoms with Gasteiger partial charge in [0.15, 0.2) is 0 Å². The van der Waals surface area contributed by atoms with Crippen molar-refractivity contribution in [2.24, 2.45) is 0 Å². The minimum Gasteiger partial charge on any atom is -0.507 e. The van der Waals surface area contributed by atoms with Gasteiger partial charge in [-0.15, -0.1) is 0 Å². The van der Waals surface area contributed by atoms with E-state index in [1.165, 1.54) is 4.90 Å². The van der Waals surface area contributed by atoms with Gasteiger partial charge in [-0.3, -0.25) is 9.59 Å². The molecule has 0 bridgehead atoms. The lowest BCUT2D eigenvalue weighted by molar-refractivity contribution is -0.140.